The average molecular weight is 332 g/mol. The van der Waals surface area contributed by atoms with Gasteiger partial charge in [0.05, 0.1) is 11.4 Å². The van der Waals surface area contributed by atoms with Crippen molar-refractivity contribution in [3.8, 4) is 0 Å². The van der Waals surface area contributed by atoms with Gasteiger partial charge < -0.3 is 15.5 Å². The van der Waals surface area contributed by atoms with Crippen molar-refractivity contribution in [2.45, 2.75) is 6.04 Å². The first-order chi connectivity index (χ1) is 11.1. The molecule has 5 nitrogen and oxygen atoms in total. The molecule has 0 bridgehead atoms. The molecule has 1 aromatic carbocycles. The Kier molecular flexibility index (Phi) is 6.31. The number of nitrogens with two attached hydrogens (primary N) is 1. The third-order valence-electron chi connectivity index (χ3n) is 3.62. The summed E-state index contributed by atoms with van der Waals surface area (Å²) in [6.45, 7) is 0.378. The van der Waals surface area contributed by atoms with Crippen molar-refractivity contribution in [1.82, 2.24) is 10.2 Å². The molecule has 2 amide bonds. The summed E-state index contributed by atoms with van der Waals surface area (Å²) in [6.07, 6.45) is 0. The van der Waals surface area contributed by atoms with Crippen molar-refractivity contribution < 1.29 is 14.9 Å². The number of quaternary nitrogens is 1. The van der Waals surface area contributed by atoms with Crippen LogP contribution in [0.15, 0.2) is 47.8 Å². The Labute approximate surface area is 140 Å². The van der Waals surface area contributed by atoms with E-state index in [0.29, 0.717) is 6.54 Å². The van der Waals surface area contributed by atoms with E-state index in [4.69, 9.17) is 0 Å². The minimum atomic E-state index is -0.168. The summed E-state index contributed by atoms with van der Waals surface area (Å²) in [6, 6.07) is 14.3. The quantitative estimate of drug-likeness (QED) is 0.780. The summed E-state index contributed by atoms with van der Waals surface area (Å²) in [4.78, 5) is 26.2. The van der Waals surface area contributed by atoms with Crippen LogP contribution in [-0.2, 0) is 9.59 Å². The lowest BCUT2D eigenvalue weighted by atomic mass is 10.1. The smallest absolute Gasteiger partial charge is 0.277 e. The number of likely N-dealkylation sites (N-methyl/N-ethyl adjacent to an activating group) is 2. The Morgan fingerprint density at radius 1 is 1.22 bits per heavy atom. The van der Waals surface area contributed by atoms with Gasteiger partial charge >= 0.3 is 0 Å². The zero-order valence-electron chi connectivity index (χ0n) is 13.4. The molecule has 2 aromatic rings. The maximum Gasteiger partial charge on any atom is 0.277 e. The number of benzene rings is 1. The summed E-state index contributed by atoms with van der Waals surface area (Å²) in [5.41, 5.74) is 1.16. The van der Waals surface area contributed by atoms with E-state index in [9.17, 15) is 9.59 Å². The Morgan fingerprint density at radius 3 is 2.57 bits per heavy atom. The lowest BCUT2D eigenvalue weighted by molar-refractivity contribution is -0.676. The van der Waals surface area contributed by atoms with Gasteiger partial charge in [-0.1, -0.05) is 36.4 Å². The zero-order valence-corrected chi connectivity index (χ0v) is 14.2. The van der Waals surface area contributed by atoms with Gasteiger partial charge in [0.1, 0.15) is 6.04 Å². The van der Waals surface area contributed by atoms with E-state index in [1.165, 1.54) is 9.78 Å². The highest BCUT2D eigenvalue weighted by Gasteiger charge is 2.21. The molecule has 0 aliphatic heterocycles. The topological polar surface area (TPSA) is 66.0 Å². The first-order valence-electron chi connectivity index (χ1n) is 7.48. The van der Waals surface area contributed by atoms with Gasteiger partial charge in [-0.05, 0) is 11.4 Å². The van der Waals surface area contributed by atoms with Crippen LogP contribution in [0.2, 0.25) is 0 Å². The summed E-state index contributed by atoms with van der Waals surface area (Å²) >= 11 is 1.68. The Balaban J connectivity index is 2.02. The number of thiophene rings is 1. The van der Waals surface area contributed by atoms with Crippen LogP contribution in [0.1, 0.15) is 16.5 Å². The number of hydrogen-bond donors (Lipinski definition) is 2. The lowest BCUT2D eigenvalue weighted by Crippen LogP contribution is -2.87. The van der Waals surface area contributed by atoms with Gasteiger partial charge in [-0.3, -0.25) is 9.59 Å². The number of carbonyl (C=O) groups is 2. The molecule has 0 unspecified atom stereocenters. The molecule has 6 heteroatoms. The van der Waals surface area contributed by atoms with E-state index >= 15 is 0 Å². The summed E-state index contributed by atoms with van der Waals surface area (Å²) in [7, 11) is 3.21. The van der Waals surface area contributed by atoms with Gasteiger partial charge in [0.15, 0.2) is 6.54 Å². The Morgan fingerprint density at radius 2 is 1.96 bits per heavy atom. The van der Waals surface area contributed by atoms with Crippen LogP contribution in [0.4, 0.5) is 0 Å². The van der Waals surface area contributed by atoms with E-state index in [2.05, 4.69) is 23.5 Å². The van der Waals surface area contributed by atoms with Gasteiger partial charge in [0.2, 0.25) is 5.91 Å². The Hall–Kier alpha value is -2.18. The van der Waals surface area contributed by atoms with E-state index < -0.39 is 0 Å². The highest BCUT2D eigenvalue weighted by molar-refractivity contribution is 7.10. The summed E-state index contributed by atoms with van der Waals surface area (Å²) < 4.78 is 0. The normalized spacial score (nSPS) is 11.7. The first kappa shape index (κ1) is 17.2. The van der Waals surface area contributed by atoms with Crippen LogP contribution in [0.3, 0.4) is 0 Å². The lowest BCUT2D eigenvalue weighted by Gasteiger charge is -2.18. The van der Waals surface area contributed by atoms with Crippen molar-refractivity contribution in [1.29, 1.82) is 0 Å². The van der Waals surface area contributed by atoms with Gasteiger partial charge in [0, 0.05) is 19.7 Å². The van der Waals surface area contributed by atoms with E-state index in [-0.39, 0.29) is 24.4 Å². The van der Waals surface area contributed by atoms with Crippen LogP contribution in [0, 0.1) is 0 Å². The van der Waals surface area contributed by atoms with Crippen molar-refractivity contribution in [3.05, 3.63) is 58.3 Å². The van der Waals surface area contributed by atoms with E-state index in [0.717, 1.165) is 5.56 Å². The van der Waals surface area contributed by atoms with Crippen molar-refractivity contribution in [2.75, 3.05) is 27.2 Å². The molecule has 0 aliphatic rings. The molecule has 0 saturated carbocycles. The highest BCUT2D eigenvalue weighted by Crippen LogP contribution is 2.22. The molecule has 3 N–H and O–H groups in total. The largest absolute Gasteiger partial charge is 0.358 e. The SMILES string of the molecule is CNC(=O)CN(C)C(=O)C[NH2+][C@@H](c1ccccc1)c1cccs1. The maximum absolute atomic E-state index is 12.2. The fourth-order valence-corrected chi connectivity index (χ4v) is 3.15. The van der Waals surface area contributed by atoms with Crippen molar-refractivity contribution in [3.63, 3.8) is 0 Å². The number of hydrogen-bond acceptors (Lipinski definition) is 3. The van der Waals surface area contributed by atoms with Crippen LogP contribution in [-0.4, -0.2) is 43.9 Å². The second-order valence-electron chi connectivity index (χ2n) is 5.27. The number of carbonyl (C=O) groups excluding carboxylic acids is 2. The number of rotatable bonds is 7. The van der Waals surface area contributed by atoms with Crippen LogP contribution in [0.25, 0.3) is 0 Å². The van der Waals surface area contributed by atoms with Crippen LogP contribution >= 0.6 is 11.3 Å². The fourth-order valence-electron chi connectivity index (χ4n) is 2.30. The molecule has 0 radical (unpaired) electrons. The summed E-state index contributed by atoms with van der Waals surface area (Å²) in [5, 5.41) is 6.58. The predicted molar refractivity (Wildman–Crippen MR) is 91.1 cm³/mol. The van der Waals surface area contributed by atoms with Crippen molar-refractivity contribution >= 4 is 23.2 Å². The zero-order chi connectivity index (χ0) is 16.7. The third kappa shape index (κ3) is 4.91. The minimum Gasteiger partial charge on any atom is -0.358 e. The number of amides is 2. The molecular formula is C17H22N3O2S+. The first-order valence-corrected chi connectivity index (χ1v) is 8.36. The fraction of sp³-hybridized carbons (Fsp3) is 0.294. The maximum atomic E-state index is 12.2. The highest BCUT2D eigenvalue weighted by atomic mass is 32.1. The molecule has 0 saturated heterocycles. The second kappa shape index (κ2) is 8.45. The molecule has 1 heterocycles. The molecule has 2 rings (SSSR count). The van der Waals surface area contributed by atoms with E-state index in [1.807, 2.05) is 35.0 Å². The van der Waals surface area contributed by atoms with Gasteiger partial charge in [-0.25, -0.2) is 0 Å². The van der Waals surface area contributed by atoms with Gasteiger partial charge in [-0.2, -0.15) is 0 Å². The molecule has 1 aromatic heterocycles. The predicted octanol–water partition coefficient (Wildman–Crippen LogP) is 0.605. The molecule has 23 heavy (non-hydrogen) atoms. The molecule has 0 aliphatic carbocycles. The summed E-state index contributed by atoms with van der Waals surface area (Å²) in [5.74, 6) is -0.232. The monoisotopic (exact) mass is 332 g/mol. The molecule has 0 fully saturated rings. The molecule has 122 valence electrons. The standard InChI is InChI=1S/C17H21N3O2S/c1-18-15(21)12-20(2)16(22)11-19-17(14-9-6-10-23-14)13-7-4-3-5-8-13/h3-10,17,19H,11-12H2,1-2H3,(H,18,21)/p+1/t17-/m0/s1. The molecule has 1 atom stereocenters. The van der Waals surface area contributed by atoms with Crippen molar-refractivity contribution in [2.24, 2.45) is 0 Å². The number of nitrogens with zero attached hydrogens (tertiary/aromatic N) is 1. The minimum absolute atomic E-state index is 0.0638. The molecular weight excluding hydrogens is 310 g/mol. The van der Waals surface area contributed by atoms with Crippen LogP contribution in [0.5, 0.6) is 0 Å². The van der Waals surface area contributed by atoms with Gasteiger partial charge in [0.25, 0.3) is 5.91 Å². The average Bonchev–Trinajstić information content (AvgIpc) is 3.10. The molecule has 0 spiro atoms. The van der Waals surface area contributed by atoms with E-state index in [1.54, 1.807) is 25.4 Å². The van der Waals surface area contributed by atoms with Crippen LogP contribution < -0.4 is 10.6 Å². The third-order valence-corrected chi connectivity index (χ3v) is 4.58. The van der Waals surface area contributed by atoms with Gasteiger partial charge in [-0.15, -0.1) is 11.3 Å². The second-order valence-corrected chi connectivity index (χ2v) is 6.25. The number of nitrogens with one attached hydrogen (secondary N) is 1. The Bertz CT molecular complexity index is 629.